The molecule has 0 radical (unpaired) electrons. The smallest absolute Gasteiger partial charge is 0.307 e. The second kappa shape index (κ2) is 5.31. The van der Waals surface area contributed by atoms with Crippen LogP contribution in [0.3, 0.4) is 0 Å². The first-order valence-corrected chi connectivity index (χ1v) is 7.34. The van der Waals surface area contributed by atoms with Gasteiger partial charge in [0.1, 0.15) is 11.7 Å². The molecular formula is C15H17ClN2O3. The summed E-state index contributed by atoms with van der Waals surface area (Å²) in [6, 6.07) is 7.44. The average molecular weight is 309 g/mol. The van der Waals surface area contributed by atoms with Gasteiger partial charge in [-0.15, -0.1) is 0 Å². The number of amides is 1. The Morgan fingerprint density at radius 1 is 1.52 bits per heavy atom. The number of rotatable bonds is 4. The summed E-state index contributed by atoms with van der Waals surface area (Å²) in [6.45, 7) is 0.345. The van der Waals surface area contributed by atoms with Gasteiger partial charge in [-0.25, -0.2) is 0 Å². The number of benzene rings is 1. The lowest BCUT2D eigenvalue weighted by Crippen LogP contribution is -2.33. The van der Waals surface area contributed by atoms with E-state index in [0.717, 1.165) is 18.4 Å². The van der Waals surface area contributed by atoms with E-state index in [4.69, 9.17) is 11.6 Å². The van der Waals surface area contributed by atoms with Crippen molar-refractivity contribution in [2.45, 2.75) is 31.0 Å². The van der Waals surface area contributed by atoms with Gasteiger partial charge in [-0.3, -0.25) is 14.9 Å². The number of nitrogens with one attached hydrogen (secondary N) is 1. The summed E-state index contributed by atoms with van der Waals surface area (Å²) in [7, 11) is 1.35. The number of hydrogen-bond donors (Lipinski definition) is 1. The summed E-state index contributed by atoms with van der Waals surface area (Å²) in [4.78, 5) is 25.6. The van der Waals surface area contributed by atoms with Gasteiger partial charge in [-0.05, 0) is 30.5 Å². The molecule has 1 aromatic carbocycles. The third kappa shape index (κ3) is 2.63. The molecule has 21 heavy (non-hydrogen) atoms. The molecule has 112 valence electrons. The van der Waals surface area contributed by atoms with Crippen LogP contribution in [0.5, 0.6) is 0 Å². The van der Waals surface area contributed by atoms with Gasteiger partial charge >= 0.3 is 5.97 Å². The van der Waals surface area contributed by atoms with Gasteiger partial charge in [-0.1, -0.05) is 23.7 Å². The Labute approximate surface area is 128 Å². The topological polar surface area (TPSA) is 58.6 Å². The number of ether oxygens (including phenoxy) is 1. The summed E-state index contributed by atoms with van der Waals surface area (Å²) >= 11 is 6.04. The quantitative estimate of drug-likeness (QED) is 0.863. The molecule has 1 heterocycles. The van der Waals surface area contributed by atoms with Crippen molar-refractivity contribution in [1.82, 2.24) is 10.2 Å². The molecule has 1 saturated carbocycles. The van der Waals surface area contributed by atoms with E-state index in [9.17, 15) is 9.59 Å². The van der Waals surface area contributed by atoms with Gasteiger partial charge in [0, 0.05) is 11.6 Å². The van der Waals surface area contributed by atoms with Gasteiger partial charge in [-0.2, -0.15) is 0 Å². The predicted molar refractivity (Wildman–Crippen MR) is 77.6 cm³/mol. The number of halogens is 1. The molecule has 0 bridgehead atoms. The van der Waals surface area contributed by atoms with Gasteiger partial charge in [0.15, 0.2) is 0 Å². The number of carbonyl (C=O) groups is 2. The molecular weight excluding hydrogens is 292 g/mol. The van der Waals surface area contributed by atoms with Gasteiger partial charge < -0.3 is 9.64 Å². The van der Waals surface area contributed by atoms with E-state index in [-0.39, 0.29) is 24.5 Å². The number of methoxy groups -OCH3 is 1. The lowest BCUT2D eigenvalue weighted by atomic mass is 10.1. The number of hydrogen-bond acceptors (Lipinski definition) is 4. The molecule has 1 aromatic rings. The van der Waals surface area contributed by atoms with E-state index in [2.05, 4.69) is 10.1 Å². The highest BCUT2D eigenvalue weighted by Gasteiger charge is 2.59. The summed E-state index contributed by atoms with van der Waals surface area (Å²) in [5.74, 6) is -0.249. The van der Waals surface area contributed by atoms with E-state index in [1.54, 1.807) is 11.0 Å². The Bertz CT molecular complexity index is 586. The fourth-order valence-electron chi connectivity index (χ4n) is 2.76. The maximum Gasteiger partial charge on any atom is 0.307 e. The monoisotopic (exact) mass is 308 g/mol. The van der Waals surface area contributed by atoms with Crippen molar-refractivity contribution in [2.24, 2.45) is 0 Å². The van der Waals surface area contributed by atoms with Crippen molar-refractivity contribution < 1.29 is 14.3 Å². The van der Waals surface area contributed by atoms with Crippen LogP contribution in [-0.4, -0.2) is 36.0 Å². The SMILES string of the molecule is COC(=O)CCN1C(=O)C2(CC2)NC1c1cccc(Cl)c1. The third-order valence-corrected chi connectivity index (χ3v) is 4.33. The molecule has 0 aromatic heterocycles. The molecule has 1 aliphatic heterocycles. The van der Waals surface area contributed by atoms with Crippen LogP contribution in [0.15, 0.2) is 24.3 Å². The summed E-state index contributed by atoms with van der Waals surface area (Å²) in [6.07, 6.45) is 1.65. The highest BCUT2D eigenvalue weighted by Crippen LogP contribution is 2.46. The second-order valence-electron chi connectivity index (χ2n) is 5.51. The Balaban J connectivity index is 1.83. The maximum absolute atomic E-state index is 12.5. The van der Waals surface area contributed by atoms with Crippen LogP contribution in [0.25, 0.3) is 0 Å². The van der Waals surface area contributed by atoms with Gasteiger partial charge in [0.05, 0.1) is 13.5 Å². The Morgan fingerprint density at radius 3 is 2.90 bits per heavy atom. The lowest BCUT2D eigenvalue weighted by Gasteiger charge is -2.24. The Hall–Kier alpha value is -1.59. The highest BCUT2D eigenvalue weighted by molar-refractivity contribution is 6.30. The van der Waals surface area contributed by atoms with Gasteiger partial charge in [0.25, 0.3) is 0 Å². The molecule has 1 N–H and O–H groups in total. The summed E-state index contributed by atoms with van der Waals surface area (Å²) < 4.78 is 4.65. The predicted octanol–water partition coefficient (Wildman–Crippen LogP) is 1.87. The second-order valence-corrected chi connectivity index (χ2v) is 5.95. The van der Waals surface area contributed by atoms with Crippen LogP contribution < -0.4 is 5.32 Å². The molecule has 2 aliphatic rings. The van der Waals surface area contributed by atoms with Crippen LogP contribution in [0.1, 0.15) is 31.0 Å². The van der Waals surface area contributed by atoms with Gasteiger partial charge in [0.2, 0.25) is 5.91 Å². The first kappa shape index (κ1) is 14.4. The number of esters is 1. The van der Waals surface area contributed by atoms with Crippen LogP contribution in [0.4, 0.5) is 0 Å². The van der Waals surface area contributed by atoms with Crippen LogP contribution in [0.2, 0.25) is 5.02 Å². The minimum absolute atomic E-state index is 0.0661. The van der Waals surface area contributed by atoms with Crippen molar-refractivity contribution in [1.29, 1.82) is 0 Å². The van der Waals surface area contributed by atoms with Crippen molar-refractivity contribution >= 4 is 23.5 Å². The van der Waals surface area contributed by atoms with Crippen molar-refractivity contribution in [2.75, 3.05) is 13.7 Å². The minimum atomic E-state index is -0.427. The number of carbonyl (C=O) groups excluding carboxylic acids is 2. The molecule has 1 atom stereocenters. The molecule has 5 nitrogen and oxygen atoms in total. The van der Waals surface area contributed by atoms with E-state index in [1.807, 2.05) is 18.2 Å². The first-order valence-electron chi connectivity index (χ1n) is 6.97. The minimum Gasteiger partial charge on any atom is -0.469 e. The van der Waals surface area contributed by atoms with Crippen LogP contribution in [-0.2, 0) is 14.3 Å². The zero-order valence-corrected chi connectivity index (χ0v) is 12.5. The first-order chi connectivity index (χ1) is 10.1. The summed E-state index contributed by atoms with van der Waals surface area (Å²) in [5.41, 5.74) is 0.507. The fourth-order valence-corrected chi connectivity index (χ4v) is 2.96. The molecule has 3 rings (SSSR count). The molecule has 1 saturated heterocycles. The Kier molecular flexibility index (Phi) is 3.63. The zero-order chi connectivity index (χ0) is 15.0. The average Bonchev–Trinajstić information content (AvgIpc) is 3.20. The van der Waals surface area contributed by atoms with E-state index < -0.39 is 5.54 Å². The molecule has 1 spiro atoms. The Morgan fingerprint density at radius 2 is 2.29 bits per heavy atom. The van der Waals surface area contributed by atoms with E-state index >= 15 is 0 Å². The van der Waals surface area contributed by atoms with Crippen molar-refractivity contribution in [3.63, 3.8) is 0 Å². The zero-order valence-electron chi connectivity index (χ0n) is 11.8. The van der Waals surface area contributed by atoms with E-state index in [1.165, 1.54) is 7.11 Å². The lowest BCUT2D eigenvalue weighted by molar-refractivity contribution is -0.141. The van der Waals surface area contributed by atoms with Crippen LogP contribution in [0, 0.1) is 0 Å². The standard InChI is InChI=1S/C15H17ClN2O3/c1-21-12(19)5-8-18-13(10-3-2-4-11(16)9-10)17-15(6-7-15)14(18)20/h2-4,9,13,17H,5-8H2,1H3. The fraction of sp³-hybridized carbons (Fsp3) is 0.467. The maximum atomic E-state index is 12.5. The summed E-state index contributed by atoms with van der Waals surface area (Å²) in [5, 5.41) is 4.02. The molecule has 1 amide bonds. The highest BCUT2D eigenvalue weighted by atomic mass is 35.5. The molecule has 6 heteroatoms. The van der Waals surface area contributed by atoms with Crippen molar-refractivity contribution in [3.8, 4) is 0 Å². The third-order valence-electron chi connectivity index (χ3n) is 4.09. The largest absolute Gasteiger partial charge is 0.469 e. The van der Waals surface area contributed by atoms with Crippen molar-refractivity contribution in [3.05, 3.63) is 34.9 Å². The number of nitrogens with zero attached hydrogens (tertiary/aromatic N) is 1. The molecule has 2 fully saturated rings. The normalized spacial score (nSPS) is 22.7. The molecule has 1 aliphatic carbocycles. The van der Waals surface area contributed by atoms with E-state index in [0.29, 0.717) is 11.6 Å². The van der Waals surface area contributed by atoms with Crippen LogP contribution >= 0.6 is 11.6 Å². The molecule has 1 unspecified atom stereocenters.